The second kappa shape index (κ2) is 9.54. The van der Waals surface area contributed by atoms with Gasteiger partial charge in [-0.25, -0.2) is 0 Å². The predicted octanol–water partition coefficient (Wildman–Crippen LogP) is 3.30. The highest BCUT2D eigenvalue weighted by Crippen LogP contribution is 2.25. The number of rotatable bonds is 8. The van der Waals surface area contributed by atoms with Crippen molar-refractivity contribution >= 4 is 29.2 Å². The summed E-state index contributed by atoms with van der Waals surface area (Å²) in [6.45, 7) is -0.255. The number of nitrogens with one attached hydrogen (secondary N) is 1. The fourth-order valence-electron chi connectivity index (χ4n) is 1.96. The van der Waals surface area contributed by atoms with Gasteiger partial charge in [-0.1, -0.05) is 29.8 Å². The van der Waals surface area contributed by atoms with E-state index in [1.807, 2.05) is 6.07 Å². The van der Waals surface area contributed by atoms with Crippen LogP contribution in [-0.2, 0) is 14.3 Å². The SMILES string of the molecule is COc1ccccc1OCCC(=O)OCC(=O)Nc1cccc(Cl)c1. The van der Waals surface area contributed by atoms with E-state index in [2.05, 4.69) is 5.32 Å². The molecule has 25 heavy (non-hydrogen) atoms. The molecule has 0 aliphatic rings. The van der Waals surface area contributed by atoms with Crippen molar-refractivity contribution in [3.05, 3.63) is 53.6 Å². The van der Waals surface area contributed by atoms with Gasteiger partial charge in [0.1, 0.15) is 0 Å². The van der Waals surface area contributed by atoms with Crippen LogP contribution >= 0.6 is 11.6 Å². The van der Waals surface area contributed by atoms with E-state index >= 15 is 0 Å². The van der Waals surface area contributed by atoms with Crippen LogP contribution in [0.4, 0.5) is 5.69 Å². The van der Waals surface area contributed by atoms with Gasteiger partial charge in [0.2, 0.25) is 0 Å². The zero-order chi connectivity index (χ0) is 18.1. The number of esters is 1. The Hall–Kier alpha value is -2.73. The fourth-order valence-corrected chi connectivity index (χ4v) is 2.15. The van der Waals surface area contributed by atoms with Crippen molar-refractivity contribution in [3.8, 4) is 11.5 Å². The van der Waals surface area contributed by atoms with Crippen LogP contribution in [0.2, 0.25) is 5.02 Å². The lowest BCUT2D eigenvalue weighted by Gasteiger charge is -2.10. The molecule has 0 fully saturated rings. The Balaban J connectivity index is 1.69. The first-order valence-electron chi connectivity index (χ1n) is 7.55. The molecule has 0 radical (unpaired) electrons. The van der Waals surface area contributed by atoms with Gasteiger partial charge >= 0.3 is 5.97 Å². The Bertz CT molecular complexity index is 735. The third-order valence-electron chi connectivity index (χ3n) is 3.11. The standard InChI is InChI=1S/C18H18ClNO5/c1-23-15-7-2-3-8-16(15)24-10-9-18(22)25-12-17(21)20-14-6-4-5-13(19)11-14/h2-8,11H,9-10,12H2,1H3,(H,20,21). The first-order chi connectivity index (χ1) is 12.1. The number of ether oxygens (including phenoxy) is 3. The molecule has 0 aromatic heterocycles. The molecule has 2 aromatic carbocycles. The molecule has 1 amide bonds. The Morgan fingerprint density at radius 3 is 2.56 bits per heavy atom. The van der Waals surface area contributed by atoms with Crippen molar-refractivity contribution in [2.75, 3.05) is 25.6 Å². The van der Waals surface area contributed by atoms with Gasteiger partial charge in [-0.15, -0.1) is 0 Å². The van der Waals surface area contributed by atoms with Crippen molar-refractivity contribution in [1.82, 2.24) is 0 Å². The Labute approximate surface area is 150 Å². The molecule has 0 aliphatic carbocycles. The fraction of sp³-hybridized carbons (Fsp3) is 0.222. The molecule has 0 heterocycles. The van der Waals surface area contributed by atoms with Crippen molar-refractivity contribution in [2.45, 2.75) is 6.42 Å². The Kier molecular flexibility index (Phi) is 7.10. The molecule has 0 aliphatic heterocycles. The third kappa shape index (κ3) is 6.35. The topological polar surface area (TPSA) is 73.9 Å². The van der Waals surface area contributed by atoms with Crippen LogP contribution in [-0.4, -0.2) is 32.2 Å². The molecule has 1 N–H and O–H groups in total. The highest BCUT2D eigenvalue weighted by molar-refractivity contribution is 6.30. The summed E-state index contributed by atoms with van der Waals surface area (Å²) in [5.41, 5.74) is 0.535. The van der Waals surface area contributed by atoms with Gasteiger partial charge < -0.3 is 19.5 Å². The van der Waals surface area contributed by atoms with E-state index in [1.165, 1.54) is 7.11 Å². The van der Waals surface area contributed by atoms with Crippen molar-refractivity contribution < 1.29 is 23.8 Å². The second-order valence-corrected chi connectivity index (χ2v) is 5.40. The molecule has 0 atom stereocenters. The lowest BCUT2D eigenvalue weighted by molar-refractivity contribution is -0.147. The highest BCUT2D eigenvalue weighted by Gasteiger charge is 2.09. The van der Waals surface area contributed by atoms with Crippen LogP contribution in [0.25, 0.3) is 0 Å². The Morgan fingerprint density at radius 2 is 1.84 bits per heavy atom. The molecule has 0 saturated carbocycles. The maximum absolute atomic E-state index is 11.7. The maximum Gasteiger partial charge on any atom is 0.309 e. The van der Waals surface area contributed by atoms with E-state index in [9.17, 15) is 9.59 Å². The minimum absolute atomic E-state index is 0.0164. The maximum atomic E-state index is 11.7. The lowest BCUT2D eigenvalue weighted by Crippen LogP contribution is -2.21. The number of carbonyl (C=O) groups excluding carboxylic acids is 2. The number of halogens is 1. The molecular formula is C18H18ClNO5. The van der Waals surface area contributed by atoms with E-state index in [0.717, 1.165) is 0 Å². The quantitative estimate of drug-likeness (QED) is 0.728. The number of anilines is 1. The molecule has 6 nitrogen and oxygen atoms in total. The predicted molar refractivity (Wildman–Crippen MR) is 94.1 cm³/mol. The van der Waals surface area contributed by atoms with Crippen LogP contribution in [0, 0.1) is 0 Å². The minimum atomic E-state index is -0.531. The first kappa shape index (κ1) is 18.6. The van der Waals surface area contributed by atoms with Crippen LogP contribution in [0.15, 0.2) is 48.5 Å². The van der Waals surface area contributed by atoms with E-state index < -0.39 is 11.9 Å². The zero-order valence-corrected chi connectivity index (χ0v) is 14.4. The van der Waals surface area contributed by atoms with Crippen LogP contribution in [0.3, 0.4) is 0 Å². The van der Waals surface area contributed by atoms with Gasteiger partial charge in [0.25, 0.3) is 5.91 Å². The third-order valence-corrected chi connectivity index (χ3v) is 3.34. The van der Waals surface area contributed by atoms with Gasteiger partial charge in [-0.05, 0) is 30.3 Å². The Morgan fingerprint density at radius 1 is 1.08 bits per heavy atom. The normalized spacial score (nSPS) is 10.0. The summed E-state index contributed by atoms with van der Waals surface area (Å²) in [5.74, 6) is 0.144. The number of methoxy groups -OCH3 is 1. The number of para-hydroxylation sites is 2. The summed E-state index contributed by atoms with van der Waals surface area (Å²) in [7, 11) is 1.54. The van der Waals surface area contributed by atoms with Crippen LogP contribution in [0.5, 0.6) is 11.5 Å². The monoisotopic (exact) mass is 363 g/mol. The smallest absolute Gasteiger partial charge is 0.309 e. The van der Waals surface area contributed by atoms with Crippen LogP contribution < -0.4 is 14.8 Å². The first-order valence-corrected chi connectivity index (χ1v) is 7.93. The zero-order valence-electron chi connectivity index (χ0n) is 13.7. The molecular weight excluding hydrogens is 346 g/mol. The lowest BCUT2D eigenvalue weighted by atomic mass is 10.3. The number of carbonyl (C=O) groups is 2. The second-order valence-electron chi connectivity index (χ2n) is 4.97. The molecule has 2 aromatic rings. The molecule has 0 bridgehead atoms. The molecule has 7 heteroatoms. The summed E-state index contributed by atoms with van der Waals surface area (Å²) in [4.78, 5) is 23.4. The summed E-state index contributed by atoms with van der Waals surface area (Å²) >= 11 is 5.83. The molecule has 0 unspecified atom stereocenters. The number of hydrogen-bond acceptors (Lipinski definition) is 5. The van der Waals surface area contributed by atoms with E-state index in [-0.39, 0.29) is 19.6 Å². The average Bonchev–Trinajstić information content (AvgIpc) is 2.60. The average molecular weight is 364 g/mol. The van der Waals surface area contributed by atoms with E-state index in [1.54, 1.807) is 42.5 Å². The van der Waals surface area contributed by atoms with Gasteiger partial charge in [-0.3, -0.25) is 9.59 Å². The summed E-state index contributed by atoms with van der Waals surface area (Å²) in [5, 5.41) is 3.09. The molecule has 132 valence electrons. The van der Waals surface area contributed by atoms with Crippen LogP contribution in [0.1, 0.15) is 6.42 Å². The molecule has 0 saturated heterocycles. The van der Waals surface area contributed by atoms with Crippen molar-refractivity contribution in [2.24, 2.45) is 0 Å². The van der Waals surface area contributed by atoms with Gasteiger partial charge in [0, 0.05) is 10.7 Å². The van der Waals surface area contributed by atoms with E-state index in [0.29, 0.717) is 22.2 Å². The summed E-state index contributed by atoms with van der Waals surface area (Å²) in [6, 6.07) is 13.8. The summed E-state index contributed by atoms with van der Waals surface area (Å²) in [6.07, 6.45) is 0.0164. The van der Waals surface area contributed by atoms with Gasteiger partial charge in [0.05, 0.1) is 20.1 Å². The highest BCUT2D eigenvalue weighted by atomic mass is 35.5. The van der Waals surface area contributed by atoms with Crippen molar-refractivity contribution in [1.29, 1.82) is 0 Å². The number of benzene rings is 2. The number of hydrogen-bond donors (Lipinski definition) is 1. The minimum Gasteiger partial charge on any atom is -0.493 e. The molecule has 0 spiro atoms. The van der Waals surface area contributed by atoms with E-state index in [4.69, 9.17) is 25.8 Å². The van der Waals surface area contributed by atoms with Crippen molar-refractivity contribution in [3.63, 3.8) is 0 Å². The number of amides is 1. The molecule has 2 rings (SSSR count). The largest absolute Gasteiger partial charge is 0.493 e. The van der Waals surface area contributed by atoms with Gasteiger partial charge in [-0.2, -0.15) is 0 Å². The summed E-state index contributed by atoms with van der Waals surface area (Å²) < 4.78 is 15.5. The van der Waals surface area contributed by atoms with Gasteiger partial charge in [0.15, 0.2) is 18.1 Å².